The lowest BCUT2D eigenvalue weighted by molar-refractivity contribution is 0.576. The van der Waals surface area contributed by atoms with E-state index in [0.717, 1.165) is 12.8 Å². The second-order valence-corrected chi connectivity index (χ2v) is 6.23. The molecule has 0 spiro atoms. The summed E-state index contributed by atoms with van der Waals surface area (Å²) in [4.78, 5) is 0.414. The van der Waals surface area contributed by atoms with Crippen LogP contribution in [0, 0.1) is 0 Å². The molecule has 80 valence electrons. The van der Waals surface area contributed by atoms with E-state index in [2.05, 4.69) is 27.6 Å². The summed E-state index contributed by atoms with van der Waals surface area (Å²) < 4.78 is 24.9. The summed E-state index contributed by atoms with van der Waals surface area (Å²) in [5.74, 6) is 0.228. The van der Waals surface area contributed by atoms with E-state index in [1.54, 1.807) is 0 Å². The van der Waals surface area contributed by atoms with Crippen LogP contribution in [-0.4, -0.2) is 25.5 Å². The molecule has 0 bridgehead atoms. The van der Waals surface area contributed by atoms with E-state index in [0.29, 0.717) is 17.8 Å². The first-order chi connectivity index (χ1) is 6.02. The van der Waals surface area contributed by atoms with Gasteiger partial charge in [-0.2, -0.15) is 0 Å². The van der Waals surface area contributed by atoms with Crippen molar-refractivity contribution in [2.24, 2.45) is 0 Å². The zero-order valence-corrected chi connectivity index (χ0v) is 10.6. The van der Waals surface area contributed by atoms with Crippen molar-refractivity contribution < 1.29 is 8.42 Å². The van der Waals surface area contributed by atoms with E-state index in [1.807, 2.05) is 6.92 Å². The molecule has 0 radical (unpaired) electrons. The van der Waals surface area contributed by atoms with Crippen LogP contribution in [0.4, 0.5) is 0 Å². The van der Waals surface area contributed by atoms with Gasteiger partial charge >= 0.3 is 0 Å². The quantitative estimate of drug-likeness (QED) is 0.719. The Bertz CT molecular complexity index is 216. The van der Waals surface area contributed by atoms with Crippen molar-refractivity contribution >= 4 is 26.0 Å². The standard InChI is InChI=1S/C8H18BrNO2S/c1-3-7-13(11,12)10-6-5-8(9)4-2/h8,10H,3-7H2,1-2H3. The molecule has 0 saturated heterocycles. The molecule has 0 heterocycles. The Morgan fingerprint density at radius 3 is 2.46 bits per heavy atom. The van der Waals surface area contributed by atoms with E-state index < -0.39 is 10.0 Å². The molecule has 0 aromatic heterocycles. The maximum Gasteiger partial charge on any atom is 0.211 e. The highest BCUT2D eigenvalue weighted by Crippen LogP contribution is 2.07. The Hall–Kier alpha value is 0.390. The minimum absolute atomic E-state index is 0.228. The Labute approximate surface area is 89.5 Å². The molecule has 0 fully saturated rings. The van der Waals surface area contributed by atoms with E-state index >= 15 is 0 Å². The van der Waals surface area contributed by atoms with E-state index in [-0.39, 0.29) is 5.75 Å². The maximum absolute atomic E-state index is 11.2. The van der Waals surface area contributed by atoms with Gasteiger partial charge in [-0.25, -0.2) is 13.1 Å². The molecule has 0 aliphatic heterocycles. The van der Waals surface area contributed by atoms with Gasteiger partial charge in [-0.1, -0.05) is 29.8 Å². The molecule has 1 N–H and O–H groups in total. The number of rotatable bonds is 7. The van der Waals surface area contributed by atoms with Gasteiger partial charge in [-0.15, -0.1) is 0 Å². The van der Waals surface area contributed by atoms with E-state index in [4.69, 9.17) is 0 Å². The van der Waals surface area contributed by atoms with Crippen LogP contribution in [-0.2, 0) is 10.0 Å². The molecular weight excluding hydrogens is 254 g/mol. The van der Waals surface area contributed by atoms with Crippen LogP contribution < -0.4 is 4.72 Å². The zero-order valence-electron chi connectivity index (χ0n) is 8.22. The molecule has 5 heteroatoms. The third-order valence-electron chi connectivity index (χ3n) is 1.70. The average Bonchev–Trinajstić information content (AvgIpc) is 2.03. The molecule has 1 atom stereocenters. The molecule has 0 amide bonds. The Balaban J connectivity index is 3.64. The molecule has 0 aromatic carbocycles. The summed E-state index contributed by atoms with van der Waals surface area (Å²) in [6.45, 7) is 4.46. The van der Waals surface area contributed by atoms with Crippen LogP contribution in [0.5, 0.6) is 0 Å². The Morgan fingerprint density at radius 2 is 2.00 bits per heavy atom. The minimum atomic E-state index is -3.01. The average molecular weight is 272 g/mol. The van der Waals surface area contributed by atoms with Gasteiger partial charge in [0.25, 0.3) is 0 Å². The first-order valence-corrected chi connectivity index (χ1v) is 7.20. The number of halogens is 1. The molecule has 0 aliphatic rings. The van der Waals surface area contributed by atoms with Crippen molar-refractivity contribution in [2.75, 3.05) is 12.3 Å². The largest absolute Gasteiger partial charge is 0.215 e. The van der Waals surface area contributed by atoms with Crippen molar-refractivity contribution in [1.82, 2.24) is 4.72 Å². The van der Waals surface area contributed by atoms with Crippen LogP contribution in [0.3, 0.4) is 0 Å². The summed E-state index contributed by atoms with van der Waals surface area (Å²) in [5, 5.41) is 0. The normalized spacial score (nSPS) is 14.4. The van der Waals surface area contributed by atoms with Crippen LogP contribution in [0.15, 0.2) is 0 Å². The lowest BCUT2D eigenvalue weighted by Gasteiger charge is -2.07. The van der Waals surface area contributed by atoms with Gasteiger partial charge in [-0.05, 0) is 19.3 Å². The minimum Gasteiger partial charge on any atom is -0.215 e. The lowest BCUT2D eigenvalue weighted by Crippen LogP contribution is -2.28. The second-order valence-electron chi connectivity index (χ2n) is 3.01. The molecule has 0 aromatic rings. The third kappa shape index (κ3) is 7.46. The number of sulfonamides is 1. The predicted molar refractivity (Wildman–Crippen MR) is 59.7 cm³/mol. The highest BCUT2D eigenvalue weighted by Gasteiger charge is 2.08. The van der Waals surface area contributed by atoms with E-state index in [1.165, 1.54) is 0 Å². The first-order valence-electron chi connectivity index (χ1n) is 4.63. The van der Waals surface area contributed by atoms with Crippen molar-refractivity contribution in [3.8, 4) is 0 Å². The van der Waals surface area contributed by atoms with Crippen molar-refractivity contribution in [2.45, 2.75) is 37.9 Å². The number of hydrogen-bond acceptors (Lipinski definition) is 2. The van der Waals surface area contributed by atoms with Gasteiger partial charge in [0, 0.05) is 11.4 Å². The number of nitrogens with one attached hydrogen (secondary N) is 1. The van der Waals surface area contributed by atoms with Gasteiger partial charge in [0.1, 0.15) is 0 Å². The summed E-state index contributed by atoms with van der Waals surface area (Å²) in [5.41, 5.74) is 0. The van der Waals surface area contributed by atoms with Crippen LogP contribution in [0.2, 0.25) is 0 Å². The Morgan fingerprint density at radius 1 is 1.38 bits per heavy atom. The van der Waals surface area contributed by atoms with Gasteiger partial charge < -0.3 is 0 Å². The summed E-state index contributed by atoms with van der Waals surface area (Å²) in [7, 11) is -3.01. The van der Waals surface area contributed by atoms with Crippen LogP contribution in [0.25, 0.3) is 0 Å². The Kier molecular flexibility index (Phi) is 6.99. The third-order valence-corrected chi connectivity index (χ3v) is 4.39. The maximum atomic E-state index is 11.2. The fraction of sp³-hybridized carbons (Fsp3) is 1.00. The number of alkyl halides is 1. The van der Waals surface area contributed by atoms with Gasteiger partial charge in [0.15, 0.2) is 0 Å². The zero-order chi connectivity index (χ0) is 10.3. The molecule has 1 unspecified atom stereocenters. The summed E-state index contributed by atoms with van der Waals surface area (Å²) >= 11 is 3.45. The van der Waals surface area contributed by atoms with Crippen molar-refractivity contribution in [3.05, 3.63) is 0 Å². The smallest absolute Gasteiger partial charge is 0.211 e. The fourth-order valence-electron chi connectivity index (χ4n) is 0.916. The van der Waals surface area contributed by atoms with Crippen molar-refractivity contribution in [1.29, 1.82) is 0 Å². The first kappa shape index (κ1) is 13.4. The highest BCUT2D eigenvalue weighted by atomic mass is 79.9. The van der Waals surface area contributed by atoms with Crippen LogP contribution >= 0.6 is 15.9 Å². The van der Waals surface area contributed by atoms with Gasteiger partial charge in [0.05, 0.1) is 5.75 Å². The number of hydrogen-bond donors (Lipinski definition) is 1. The molecular formula is C8H18BrNO2S. The van der Waals surface area contributed by atoms with Gasteiger partial charge in [-0.3, -0.25) is 0 Å². The molecule has 0 aliphatic carbocycles. The van der Waals surface area contributed by atoms with Gasteiger partial charge in [0.2, 0.25) is 10.0 Å². The molecule has 13 heavy (non-hydrogen) atoms. The monoisotopic (exact) mass is 271 g/mol. The van der Waals surface area contributed by atoms with Crippen LogP contribution in [0.1, 0.15) is 33.1 Å². The summed E-state index contributed by atoms with van der Waals surface area (Å²) in [6, 6.07) is 0. The van der Waals surface area contributed by atoms with E-state index in [9.17, 15) is 8.42 Å². The predicted octanol–water partition coefficient (Wildman–Crippen LogP) is 1.88. The second kappa shape index (κ2) is 6.79. The summed E-state index contributed by atoms with van der Waals surface area (Å²) in [6.07, 6.45) is 2.54. The molecule has 0 saturated carbocycles. The highest BCUT2D eigenvalue weighted by molar-refractivity contribution is 9.09. The topological polar surface area (TPSA) is 46.2 Å². The molecule has 3 nitrogen and oxygen atoms in total. The van der Waals surface area contributed by atoms with Crippen molar-refractivity contribution in [3.63, 3.8) is 0 Å². The SMILES string of the molecule is CCCS(=O)(=O)NCCC(Br)CC. The molecule has 0 rings (SSSR count). The fourth-order valence-corrected chi connectivity index (χ4v) is 2.26. The lowest BCUT2D eigenvalue weighted by atomic mass is 10.2.